The number of esters is 1. The summed E-state index contributed by atoms with van der Waals surface area (Å²) in [5, 5.41) is 11.0. The summed E-state index contributed by atoms with van der Waals surface area (Å²) in [6.45, 7) is 0. The summed E-state index contributed by atoms with van der Waals surface area (Å²) in [5.74, 6) is 0.559. The molecule has 0 unspecified atom stereocenters. The Morgan fingerprint density at radius 1 is 1.50 bits per heavy atom. The van der Waals surface area contributed by atoms with Gasteiger partial charge in [-0.1, -0.05) is 6.07 Å². The molecule has 2 aromatic rings. The van der Waals surface area contributed by atoms with Gasteiger partial charge >= 0.3 is 5.97 Å². The molecule has 7 nitrogen and oxygen atoms in total. The van der Waals surface area contributed by atoms with E-state index in [1.165, 1.54) is 11.8 Å². The van der Waals surface area contributed by atoms with Crippen molar-refractivity contribution in [2.45, 2.75) is 6.42 Å². The highest BCUT2D eigenvalue weighted by Gasteiger charge is 2.13. The quantitative estimate of drug-likeness (QED) is 0.663. The van der Waals surface area contributed by atoms with Crippen LogP contribution in [0.3, 0.4) is 0 Å². The molecule has 0 saturated heterocycles. The van der Waals surface area contributed by atoms with E-state index in [0.29, 0.717) is 11.6 Å². The third-order valence-electron chi connectivity index (χ3n) is 1.93. The van der Waals surface area contributed by atoms with Crippen LogP contribution >= 0.6 is 0 Å². The fourth-order valence-corrected chi connectivity index (χ4v) is 1.17. The fraction of sp³-hybridized carbons (Fsp3) is 0.222. The third kappa shape index (κ3) is 2.02. The van der Waals surface area contributed by atoms with E-state index in [0.717, 1.165) is 0 Å². The highest BCUT2D eigenvalue weighted by atomic mass is 16.5. The first-order chi connectivity index (χ1) is 7.81. The first-order valence-electron chi connectivity index (χ1n) is 4.56. The van der Waals surface area contributed by atoms with Crippen LogP contribution < -0.4 is 0 Å². The third-order valence-corrected chi connectivity index (χ3v) is 1.93. The zero-order valence-electron chi connectivity index (χ0n) is 8.57. The van der Waals surface area contributed by atoms with E-state index in [2.05, 4.69) is 25.2 Å². The van der Waals surface area contributed by atoms with Crippen molar-refractivity contribution in [3.63, 3.8) is 0 Å². The summed E-state index contributed by atoms with van der Waals surface area (Å²) in [5.41, 5.74) is 0. The van der Waals surface area contributed by atoms with Crippen molar-refractivity contribution in [1.29, 1.82) is 0 Å². The van der Waals surface area contributed by atoms with Crippen LogP contribution in [0.1, 0.15) is 5.82 Å². The summed E-state index contributed by atoms with van der Waals surface area (Å²) in [4.78, 5) is 15.2. The van der Waals surface area contributed by atoms with E-state index in [1.807, 2.05) is 6.07 Å². The number of methoxy groups -OCH3 is 1. The number of nitrogens with zero attached hydrogens (tertiary/aromatic N) is 5. The van der Waals surface area contributed by atoms with Crippen LogP contribution in [-0.4, -0.2) is 38.3 Å². The van der Waals surface area contributed by atoms with Gasteiger partial charge in [0.05, 0.1) is 7.11 Å². The number of rotatable bonds is 3. The molecule has 0 aromatic carbocycles. The second-order valence-corrected chi connectivity index (χ2v) is 2.95. The Labute approximate surface area is 91.1 Å². The Hall–Kier alpha value is -2.31. The minimum Gasteiger partial charge on any atom is -0.469 e. The van der Waals surface area contributed by atoms with Gasteiger partial charge in [-0.05, 0) is 22.6 Å². The van der Waals surface area contributed by atoms with Gasteiger partial charge in [-0.3, -0.25) is 4.79 Å². The monoisotopic (exact) mass is 219 g/mol. The van der Waals surface area contributed by atoms with Crippen molar-refractivity contribution in [3.8, 4) is 5.82 Å². The van der Waals surface area contributed by atoms with Gasteiger partial charge < -0.3 is 4.74 Å². The minimum atomic E-state index is -0.396. The second-order valence-electron chi connectivity index (χ2n) is 2.95. The maximum Gasteiger partial charge on any atom is 0.313 e. The number of pyridine rings is 1. The first kappa shape index (κ1) is 10.2. The Balaban J connectivity index is 2.29. The number of carbonyl (C=O) groups is 1. The smallest absolute Gasteiger partial charge is 0.313 e. The van der Waals surface area contributed by atoms with Gasteiger partial charge in [-0.15, -0.1) is 5.10 Å². The van der Waals surface area contributed by atoms with Crippen molar-refractivity contribution < 1.29 is 9.53 Å². The van der Waals surface area contributed by atoms with Crippen LogP contribution in [-0.2, 0) is 16.0 Å². The van der Waals surface area contributed by atoms with E-state index in [9.17, 15) is 4.79 Å². The molecular weight excluding hydrogens is 210 g/mol. The molecule has 0 aliphatic heterocycles. The first-order valence-corrected chi connectivity index (χ1v) is 4.56. The molecule has 0 aliphatic carbocycles. The van der Waals surface area contributed by atoms with Crippen molar-refractivity contribution >= 4 is 5.97 Å². The van der Waals surface area contributed by atoms with Crippen LogP contribution in [0.25, 0.3) is 5.82 Å². The van der Waals surface area contributed by atoms with E-state index in [-0.39, 0.29) is 6.42 Å². The Morgan fingerprint density at radius 3 is 3.06 bits per heavy atom. The Bertz CT molecular complexity index is 482. The molecule has 0 amide bonds. The lowest BCUT2D eigenvalue weighted by Gasteiger charge is -2.01. The lowest BCUT2D eigenvalue weighted by atomic mass is 10.4. The lowest BCUT2D eigenvalue weighted by Crippen LogP contribution is -2.11. The number of hydrogen-bond acceptors (Lipinski definition) is 6. The maximum absolute atomic E-state index is 11.1. The summed E-state index contributed by atoms with van der Waals surface area (Å²) < 4.78 is 5.95. The van der Waals surface area contributed by atoms with Crippen LogP contribution in [0.5, 0.6) is 0 Å². The van der Waals surface area contributed by atoms with Crippen LogP contribution in [0.4, 0.5) is 0 Å². The van der Waals surface area contributed by atoms with Crippen LogP contribution in [0.2, 0.25) is 0 Å². The lowest BCUT2D eigenvalue weighted by molar-refractivity contribution is -0.139. The molecule has 7 heteroatoms. The molecule has 2 heterocycles. The van der Waals surface area contributed by atoms with Gasteiger partial charge in [0.1, 0.15) is 6.42 Å². The van der Waals surface area contributed by atoms with Gasteiger partial charge in [0.2, 0.25) is 0 Å². The summed E-state index contributed by atoms with van der Waals surface area (Å²) >= 11 is 0. The van der Waals surface area contributed by atoms with Crippen molar-refractivity contribution in [3.05, 3.63) is 30.2 Å². The zero-order valence-corrected chi connectivity index (χ0v) is 8.57. The van der Waals surface area contributed by atoms with E-state index in [1.54, 1.807) is 18.3 Å². The molecule has 0 radical (unpaired) electrons. The average molecular weight is 219 g/mol. The largest absolute Gasteiger partial charge is 0.469 e. The molecule has 0 bridgehead atoms. The average Bonchev–Trinajstić information content (AvgIpc) is 2.78. The molecule has 0 fully saturated rings. The molecule has 0 atom stereocenters. The van der Waals surface area contributed by atoms with E-state index in [4.69, 9.17) is 0 Å². The van der Waals surface area contributed by atoms with Crippen LogP contribution in [0.15, 0.2) is 24.4 Å². The standard InChI is InChI=1S/C9H9N5O2/c1-16-9(15)6-8-11-12-13-14(8)7-4-2-3-5-10-7/h2-5H,6H2,1H3. The van der Waals surface area contributed by atoms with Crippen molar-refractivity contribution in [1.82, 2.24) is 25.2 Å². The molecule has 16 heavy (non-hydrogen) atoms. The Kier molecular flexibility index (Phi) is 2.86. The fourth-order valence-electron chi connectivity index (χ4n) is 1.17. The highest BCUT2D eigenvalue weighted by Crippen LogP contribution is 2.04. The number of ether oxygens (including phenoxy) is 1. The SMILES string of the molecule is COC(=O)Cc1nnnn1-c1ccccn1. The number of aromatic nitrogens is 5. The predicted octanol–water partition coefficient (Wildman–Crippen LogP) is -0.227. The van der Waals surface area contributed by atoms with Gasteiger partial charge in [-0.25, -0.2) is 4.98 Å². The van der Waals surface area contributed by atoms with E-state index < -0.39 is 5.97 Å². The predicted molar refractivity (Wildman–Crippen MR) is 52.7 cm³/mol. The molecule has 2 rings (SSSR count). The van der Waals surface area contributed by atoms with Crippen molar-refractivity contribution in [2.24, 2.45) is 0 Å². The van der Waals surface area contributed by atoms with E-state index >= 15 is 0 Å². The molecule has 0 aliphatic rings. The summed E-state index contributed by atoms with van der Waals surface area (Å²) in [6, 6.07) is 5.34. The summed E-state index contributed by atoms with van der Waals surface area (Å²) in [7, 11) is 1.32. The minimum absolute atomic E-state index is 0.0140. The topological polar surface area (TPSA) is 82.8 Å². The molecular formula is C9H9N5O2. The Morgan fingerprint density at radius 2 is 2.38 bits per heavy atom. The summed E-state index contributed by atoms with van der Waals surface area (Å²) in [6.07, 6.45) is 1.64. The maximum atomic E-state index is 11.1. The zero-order chi connectivity index (χ0) is 11.4. The van der Waals surface area contributed by atoms with Crippen molar-refractivity contribution in [2.75, 3.05) is 7.11 Å². The number of tetrazole rings is 1. The van der Waals surface area contributed by atoms with Gasteiger partial charge in [0.15, 0.2) is 11.6 Å². The van der Waals surface area contributed by atoms with Crippen LogP contribution in [0, 0.1) is 0 Å². The van der Waals surface area contributed by atoms with Gasteiger partial charge in [-0.2, -0.15) is 4.68 Å². The van der Waals surface area contributed by atoms with Gasteiger partial charge in [0, 0.05) is 6.20 Å². The normalized spacial score (nSPS) is 10.1. The molecule has 2 aromatic heterocycles. The molecule has 0 saturated carbocycles. The number of carbonyl (C=O) groups excluding carboxylic acids is 1. The molecule has 82 valence electrons. The molecule has 0 spiro atoms. The second kappa shape index (κ2) is 4.47. The molecule has 0 N–H and O–H groups in total. The number of hydrogen-bond donors (Lipinski definition) is 0. The van der Waals surface area contributed by atoms with Gasteiger partial charge in [0.25, 0.3) is 0 Å². The highest BCUT2D eigenvalue weighted by molar-refractivity contribution is 5.71.